The smallest absolute Gasteiger partial charge is 0.318 e. The maximum atomic E-state index is 12.2. The molecule has 0 heterocycles. The largest absolute Gasteiger partial charge is 0.481 e. The van der Waals surface area contributed by atoms with E-state index >= 15 is 0 Å². The zero-order chi connectivity index (χ0) is 16.1. The molecule has 0 amide bonds. The molecule has 5 heteroatoms. The molecule has 22 heavy (non-hydrogen) atoms. The standard InChI is InChI=1S/C17H14O5/c18-15(12-4-2-1-3-5-12)13-8-6-11(7-9-13)10-14(16(19)20)17(21)22/h1-9,14H,10H2,(H,19,20)(H,21,22). The summed E-state index contributed by atoms with van der Waals surface area (Å²) in [4.78, 5) is 33.9. The van der Waals surface area contributed by atoms with Gasteiger partial charge in [0.25, 0.3) is 0 Å². The lowest BCUT2D eigenvalue weighted by Crippen LogP contribution is -2.25. The zero-order valence-corrected chi connectivity index (χ0v) is 11.6. The van der Waals surface area contributed by atoms with Crippen molar-refractivity contribution in [2.75, 3.05) is 0 Å². The van der Waals surface area contributed by atoms with Crippen molar-refractivity contribution in [3.05, 3.63) is 71.3 Å². The van der Waals surface area contributed by atoms with Gasteiger partial charge in [-0.3, -0.25) is 14.4 Å². The molecular weight excluding hydrogens is 284 g/mol. The van der Waals surface area contributed by atoms with Gasteiger partial charge in [0.1, 0.15) is 0 Å². The summed E-state index contributed by atoms with van der Waals surface area (Å²) in [5.74, 6) is -4.38. The van der Waals surface area contributed by atoms with Crippen LogP contribution in [0.15, 0.2) is 54.6 Å². The van der Waals surface area contributed by atoms with Crippen molar-refractivity contribution in [2.24, 2.45) is 5.92 Å². The Kier molecular flexibility index (Phi) is 4.68. The van der Waals surface area contributed by atoms with Gasteiger partial charge in [0.2, 0.25) is 0 Å². The summed E-state index contributed by atoms with van der Waals surface area (Å²) in [6.45, 7) is 0. The average molecular weight is 298 g/mol. The minimum absolute atomic E-state index is 0.121. The van der Waals surface area contributed by atoms with E-state index in [2.05, 4.69) is 0 Å². The lowest BCUT2D eigenvalue weighted by molar-refractivity contribution is -0.154. The number of benzene rings is 2. The monoisotopic (exact) mass is 298 g/mol. The Morgan fingerprint density at radius 2 is 1.27 bits per heavy atom. The van der Waals surface area contributed by atoms with Crippen LogP contribution in [0.2, 0.25) is 0 Å². The van der Waals surface area contributed by atoms with Crippen molar-refractivity contribution in [3.8, 4) is 0 Å². The fourth-order valence-electron chi connectivity index (χ4n) is 2.06. The summed E-state index contributed by atoms with van der Waals surface area (Å²) in [5.41, 5.74) is 1.58. The molecule has 0 saturated carbocycles. The van der Waals surface area contributed by atoms with Crippen LogP contribution in [0.25, 0.3) is 0 Å². The normalized spacial score (nSPS) is 10.4. The maximum Gasteiger partial charge on any atom is 0.318 e. The molecule has 0 aliphatic heterocycles. The van der Waals surface area contributed by atoms with Crippen molar-refractivity contribution >= 4 is 17.7 Å². The van der Waals surface area contributed by atoms with Crippen LogP contribution in [-0.4, -0.2) is 27.9 Å². The molecule has 112 valence electrons. The van der Waals surface area contributed by atoms with Crippen LogP contribution < -0.4 is 0 Å². The fraction of sp³-hybridized carbons (Fsp3) is 0.118. The molecular formula is C17H14O5. The van der Waals surface area contributed by atoms with Crippen molar-refractivity contribution in [1.82, 2.24) is 0 Å². The van der Waals surface area contributed by atoms with E-state index in [9.17, 15) is 14.4 Å². The number of aliphatic carboxylic acids is 2. The third kappa shape index (κ3) is 3.58. The van der Waals surface area contributed by atoms with Gasteiger partial charge in [-0.25, -0.2) is 0 Å². The fourth-order valence-corrected chi connectivity index (χ4v) is 2.06. The molecule has 0 fully saturated rings. The average Bonchev–Trinajstić information content (AvgIpc) is 2.52. The molecule has 0 radical (unpaired) electrons. The molecule has 0 unspecified atom stereocenters. The van der Waals surface area contributed by atoms with Gasteiger partial charge in [-0.05, 0) is 12.0 Å². The molecule has 0 aromatic heterocycles. The van der Waals surface area contributed by atoms with E-state index in [-0.39, 0.29) is 12.2 Å². The second kappa shape index (κ2) is 6.67. The molecule has 2 N–H and O–H groups in total. The quantitative estimate of drug-likeness (QED) is 0.630. The van der Waals surface area contributed by atoms with Gasteiger partial charge in [-0.1, -0.05) is 54.6 Å². The number of ketones is 1. The summed E-state index contributed by atoms with van der Waals surface area (Å²) in [6, 6.07) is 15.1. The topological polar surface area (TPSA) is 91.7 Å². The van der Waals surface area contributed by atoms with E-state index in [4.69, 9.17) is 10.2 Å². The highest BCUT2D eigenvalue weighted by molar-refractivity contribution is 6.08. The molecule has 5 nitrogen and oxygen atoms in total. The van der Waals surface area contributed by atoms with Gasteiger partial charge in [-0.2, -0.15) is 0 Å². The van der Waals surface area contributed by atoms with E-state index in [0.717, 1.165) is 0 Å². The van der Waals surface area contributed by atoms with Crippen LogP contribution in [0.3, 0.4) is 0 Å². The van der Waals surface area contributed by atoms with Crippen LogP contribution in [0.4, 0.5) is 0 Å². The summed E-state index contributed by atoms with van der Waals surface area (Å²) in [7, 11) is 0. The predicted molar refractivity (Wildman–Crippen MR) is 78.8 cm³/mol. The lowest BCUT2D eigenvalue weighted by Gasteiger charge is -2.08. The summed E-state index contributed by atoms with van der Waals surface area (Å²) >= 11 is 0. The molecule has 0 spiro atoms. The SMILES string of the molecule is O=C(c1ccccc1)c1ccc(CC(C(=O)O)C(=O)O)cc1. The van der Waals surface area contributed by atoms with E-state index in [1.54, 1.807) is 48.5 Å². The lowest BCUT2D eigenvalue weighted by atomic mass is 9.97. The Hall–Kier alpha value is -2.95. The van der Waals surface area contributed by atoms with Gasteiger partial charge in [0.15, 0.2) is 11.7 Å². The Balaban J connectivity index is 2.15. The minimum atomic E-state index is -1.49. The Labute approximate surface area is 126 Å². The van der Waals surface area contributed by atoms with Crippen LogP contribution >= 0.6 is 0 Å². The van der Waals surface area contributed by atoms with E-state index in [0.29, 0.717) is 16.7 Å². The molecule has 0 atom stereocenters. The molecule has 2 aromatic carbocycles. The number of rotatable bonds is 6. The number of hydrogen-bond acceptors (Lipinski definition) is 3. The van der Waals surface area contributed by atoms with Crippen molar-refractivity contribution in [2.45, 2.75) is 6.42 Å². The van der Waals surface area contributed by atoms with Crippen molar-refractivity contribution < 1.29 is 24.6 Å². The molecule has 2 rings (SSSR count). The second-order valence-corrected chi connectivity index (χ2v) is 4.83. The number of carbonyl (C=O) groups is 3. The van der Waals surface area contributed by atoms with Gasteiger partial charge in [-0.15, -0.1) is 0 Å². The summed E-state index contributed by atoms with van der Waals surface area (Å²) in [5, 5.41) is 17.7. The van der Waals surface area contributed by atoms with Crippen molar-refractivity contribution in [3.63, 3.8) is 0 Å². The van der Waals surface area contributed by atoms with Gasteiger partial charge in [0, 0.05) is 11.1 Å². The Morgan fingerprint density at radius 1 is 0.773 bits per heavy atom. The second-order valence-electron chi connectivity index (χ2n) is 4.83. The van der Waals surface area contributed by atoms with Gasteiger partial charge in [0.05, 0.1) is 0 Å². The molecule has 0 bridgehead atoms. The Bertz CT molecular complexity index is 675. The molecule has 0 aliphatic rings. The first-order valence-electron chi connectivity index (χ1n) is 6.63. The van der Waals surface area contributed by atoms with E-state index in [1.807, 2.05) is 6.07 Å². The van der Waals surface area contributed by atoms with Gasteiger partial charge >= 0.3 is 11.9 Å². The summed E-state index contributed by atoms with van der Waals surface area (Å²) < 4.78 is 0. The number of carboxylic acid groups (broad SMARTS) is 2. The number of hydrogen-bond donors (Lipinski definition) is 2. The summed E-state index contributed by atoms with van der Waals surface area (Å²) in [6.07, 6.45) is -0.121. The van der Waals surface area contributed by atoms with Gasteiger partial charge < -0.3 is 10.2 Å². The van der Waals surface area contributed by atoms with E-state index < -0.39 is 17.9 Å². The third-order valence-electron chi connectivity index (χ3n) is 3.29. The first kappa shape index (κ1) is 15.4. The first-order chi connectivity index (χ1) is 10.5. The Morgan fingerprint density at radius 3 is 1.77 bits per heavy atom. The van der Waals surface area contributed by atoms with Crippen LogP contribution in [-0.2, 0) is 16.0 Å². The highest BCUT2D eigenvalue weighted by Gasteiger charge is 2.25. The number of carbonyl (C=O) groups excluding carboxylic acids is 1. The zero-order valence-electron chi connectivity index (χ0n) is 11.6. The van der Waals surface area contributed by atoms with Crippen molar-refractivity contribution in [1.29, 1.82) is 0 Å². The maximum absolute atomic E-state index is 12.2. The highest BCUT2D eigenvalue weighted by Crippen LogP contribution is 2.14. The number of carboxylic acids is 2. The van der Waals surface area contributed by atoms with Crippen LogP contribution in [0.1, 0.15) is 21.5 Å². The molecule has 0 saturated heterocycles. The molecule has 0 aliphatic carbocycles. The molecule has 2 aromatic rings. The minimum Gasteiger partial charge on any atom is -0.481 e. The predicted octanol–water partition coefficient (Wildman–Crippen LogP) is 2.25. The van der Waals surface area contributed by atoms with Crippen LogP contribution in [0.5, 0.6) is 0 Å². The highest BCUT2D eigenvalue weighted by atomic mass is 16.4. The van der Waals surface area contributed by atoms with Crippen LogP contribution in [0, 0.1) is 5.92 Å². The van der Waals surface area contributed by atoms with E-state index in [1.165, 1.54) is 0 Å². The first-order valence-corrected chi connectivity index (χ1v) is 6.63. The third-order valence-corrected chi connectivity index (χ3v) is 3.29.